The van der Waals surface area contributed by atoms with E-state index < -0.39 is 0 Å². The number of carbonyl (C=O) groups is 1. The number of nitrogens with one attached hydrogen (secondary N) is 1. The zero-order chi connectivity index (χ0) is 14.6. The molecule has 0 bridgehead atoms. The maximum absolute atomic E-state index is 12.5. The summed E-state index contributed by atoms with van der Waals surface area (Å²) in [4.78, 5) is 14.8. The molecule has 1 saturated carbocycles. The first kappa shape index (κ1) is 15.7. The molecule has 5 heteroatoms. The Morgan fingerprint density at radius 3 is 2.75 bits per heavy atom. The van der Waals surface area contributed by atoms with Crippen molar-refractivity contribution in [1.29, 1.82) is 0 Å². The van der Waals surface area contributed by atoms with Crippen LogP contribution in [0.5, 0.6) is 0 Å². The standard InChI is InChI=1S/C15H29N3O2/c1-12-3-5-15(11-16,6-4-12)14(19)17-9-13-10-18(2)7-8-20-13/h12-13H,3-11,16H2,1-2H3,(H,17,19). The predicted octanol–water partition coefficient (Wildman–Crippen LogP) is 0.588. The highest BCUT2D eigenvalue weighted by molar-refractivity contribution is 5.83. The van der Waals surface area contributed by atoms with Crippen molar-refractivity contribution in [3.8, 4) is 0 Å². The number of nitrogens with two attached hydrogens (primary N) is 1. The highest BCUT2D eigenvalue weighted by Crippen LogP contribution is 2.38. The lowest BCUT2D eigenvalue weighted by atomic mass is 9.70. The van der Waals surface area contributed by atoms with Crippen LogP contribution in [0.3, 0.4) is 0 Å². The number of hydrogen-bond acceptors (Lipinski definition) is 4. The molecule has 2 aliphatic rings. The molecule has 1 aliphatic carbocycles. The second-order valence-electron chi connectivity index (χ2n) is 6.63. The van der Waals surface area contributed by atoms with Crippen molar-refractivity contribution in [3.05, 3.63) is 0 Å². The van der Waals surface area contributed by atoms with Gasteiger partial charge in [-0.2, -0.15) is 0 Å². The van der Waals surface area contributed by atoms with Gasteiger partial charge in [0.25, 0.3) is 0 Å². The highest BCUT2D eigenvalue weighted by Gasteiger charge is 2.39. The number of rotatable bonds is 4. The van der Waals surface area contributed by atoms with E-state index in [1.165, 1.54) is 0 Å². The van der Waals surface area contributed by atoms with E-state index in [0.717, 1.165) is 51.3 Å². The monoisotopic (exact) mass is 283 g/mol. The van der Waals surface area contributed by atoms with Crippen molar-refractivity contribution in [2.75, 3.05) is 39.8 Å². The third kappa shape index (κ3) is 3.71. The normalized spacial score (nSPS) is 35.8. The summed E-state index contributed by atoms with van der Waals surface area (Å²) in [7, 11) is 2.08. The summed E-state index contributed by atoms with van der Waals surface area (Å²) in [6.07, 6.45) is 4.15. The summed E-state index contributed by atoms with van der Waals surface area (Å²) in [5.41, 5.74) is 5.57. The van der Waals surface area contributed by atoms with Crippen LogP contribution < -0.4 is 11.1 Å². The molecule has 2 rings (SSSR count). The van der Waals surface area contributed by atoms with Crippen LogP contribution in [0.2, 0.25) is 0 Å². The fourth-order valence-corrected chi connectivity index (χ4v) is 3.22. The van der Waals surface area contributed by atoms with Gasteiger partial charge in [-0.1, -0.05) is 6.92 Å². The van der Waals surface area contributed by atoms with Crippen LogP contribution in [0, 0.1) is 11.3 Å². The molecule has 0 aromatic heterocycles. The van der Waals surface area contributed by atoms with Crippen LogP contribution in [-0.4, -0.2) is 56.7 Å². The van der Waals surface area contributed by atoms with Gasteiger partial charge in [0.15, 0.2) is 0 Å². The van der Waals surface area contributed by atoms with Gasteiger partial charge in [0.1, 0.15) is 0 Å². The maximum atomic E-state index is 12.5. The Labute approximate surface area is 122 Å². The van der Waals surface area contributed by atoms with E-state index in [1.807, 2.05) is 0 Å². The second kappa shape index (κ2) is 6.87. The van der Waals surface area contributed by atoms with E-state index in [9.17, 15) is 4.79 Å². The summed E-state index contributed by atoms with van der Waals surface area (Å²) in [6.45, 7) is 5.90. The molecule has 1 atom stereocenters. The number of likely N-dealkylation sites (N-methyl/N-ethyl adjacent to an activating group) is 1. The summed E-state index contributed by atoms with van der Waals surface area (Å²) >= 11 is 0. The molecule has 1 amide bonds. The van der Waals surface area contributed by atoms with Crippen molar-refractivity contribution in [3.63, 3.8) is 0 Å². The SMILES string of the molecule is CC1CCC(CN)(C(=O)NCC2CN(C)CCO2)CC1. The van der Waals surface area contributed by atoms with Gasteiger partial charge in [-0.15, -0.1) is 0 Å². The highest BCUT2D eigenvalue weighted by atomic mass is 16.5. The number of morpholine rings is 1. The first-order valence-electron chi connectivity index (χ1n) is 7.84. The maximum Gasteiger partial charge on any atom is 0.227 e. The number of nitrogens with zero attached hydrogens (tertiary/aromatic N) is 1. The minimum Gasteiger partial charge on any atom is -0.374 e. The third-order valence-corrected chi connectivity index (χ3v) is 4.94. The van der Waals surface area contributed by atoms with Gasteiger partial charge in [0, 0.05) is 26.2 Å². The smallest absolute Gasteiger partial charge is 0.227 e. The van der Waals surface area contributed by atoms with Crippen LogP contribution in [0.15, 0.2) is 0 Å². The van der Waals surface area contributed by atoms with Crippen LogP contribution in [0.4, 0.5) is 0 Å². The number of amides is 1. The quantitative estimate of drug-likeness (QED) is 0.792. The van der Waals surface area contributed by atoms with Crippen molar-refractivity contribution < 1.29 is 9.53 Å². The molecule has 2 fully saturated rings. The Morgan fingerprint density at radius 2 is 2.15 bits per heavy atom. The Kier molecular flexibility index (Phi) is 5.41. The van der Waals surface area contributed by atoms with Gasteiger partial charge in [-0.25, -0.2) is 0 Å². The van der Waals surface area contributed by atoms with E-state index in [4.69, 9.17) is 10.5 Å². The van der Waals surface area contributed by atoms with E-state index in [-0.39, 0.29) is 17.4 Å². The first-order chi connectivity index (χ1) is 9.55. The first-order valence-corrected chi connectivity index (χ1v) is 7.84. The number of carbonyl (C=O) groups excluding carboxylic acids is 1. The zero-order valence-corrected chi connectivity index (χ0v) is 12.9. The Morgan fingerprint density at radius 1 is 1.45 bits per heavy atom. The van der Waals surface area contributed by atoms with Gasteiger partial charge >= 0.3 is 0 Å². The molecule has 1 heterocycles. The van der Waals surface area contributed by atoms with Crippen molar-refractivity contribution in [2.45, 2.75) is 38.7 Å². The van der Waals surface area contributed by atoms with E-state index in [1.54, 1.807) is 0 Å². The molecule has 1 unspecified atom stereocenters. The minimum absolute atomic E-state index is 0.107. The number of hydrogen-bond donors (Lipinski definition) is 2. The molecule has 3 N–H and O–H groups in total. The topological polar surface area (TPSA) is 67.6 Å². The average molecular weight is 283 g/mol. The summed E-state index contributed by atoms with van der Waals surface area (Å²) < 4.78 is 5.68. The molecule has 5 nitrogen and oxygen atoms in total. The average Bonchev–Trinajstić information content (AvgIpc) is 2.46. The van der Waals surface area contributed by atoms with Crippen LogP contribution in [-0.2, 0) is 9.53 Å². The van der Waals surface area contributed by atoms with Gasteiger partial charge in [0.05, 0.1) is 18.1 Å². The lowest BCUT2D eigenvalue weighted by Crippen LogP contribution is -2.52. The molecule has 0 radical (unpaired) electrons. The van der Waals surface area contributed by atoms with Gasteiger partial charge in [-0.3, -0.25) is 4.79 Å². The van der Waals surface area contributed by atoms with Crippen molar-refractivity contribution >= 4 is 5.91 Å². The molecule has 1 saturated heterocycles. The molecular weight excluding hydrogens is 254 g/mol. The summed E-state index contributed by atoms with van der Waals surface area (Å²) in [6, 6.07) is 0. The summed E-state index contributed by atoms with van der Waals surface area (Å²) in [5, 5.41) is 3.08. The molecule has 116 valence electrons. The molecule has 1 aliphatic heterocycles. The van der Waals surface area contributed by atoms with Crippen LogP contribution in [0.1, 0.15) is 32.6 Å². The third-order valence-electron chi connectivity index (χ3n) is 4.94. The van der Waals surface area contributed by atoms with E-state index >= 15 is 0 Å². The zero-order valence-electron chi connectivity index (χ0n) is 12.9. The minimum atomic E-state index is -0.340. The fourth-order valence-electron chi connectivity index (χ4n) is 3.22. The number of ether oxygens (including phenoxy) is 1. The predicted molar refractivity (Wildman–Crippen MR) is 79.4 cm³/mol. The molecule has 0 spiro atoms. The van der Waals surface area contributed by atoms with Gasteiger partial charge < -0.3 is 20.7 Å². The Balaban J connectivity index is 1.83. The van der Waals surface area contributed by atoms with Crippen LogP contribution in [0.25, 0.3) is 0 Å². The fraction of sp³-hybridized carbons (Fsp3) is 0.933. The van der Waals surface area contributed by atoms with Gasteiger partial charge in [-0.05, 0) is 38.6 Å². The van der Waals surface area contributed by atoms with Gasteiger partial charge in [0.2, 0.25) is 5.91 Å². The Bertz CT molecular complexity index is 327. The summed E-state index contributed by atoms with van der Waals surface area (Å²) in [5.74, 6) is 0.849. The second-order valence-corrected chi connectivity index (χ2v) is 6.63. The lowest BCUT2D eigenvalue weighted by Gasteiger charge is -2.38. The lowest BCUT2D eigenvalue weighted by molar-refractivity contribution is -0.134. The Hall–Kier alpha value is -0.650. The van der Waals surface area contributed by atoms with Crippen LogP contribution >= 0.6 is 0 Å². The largest absolute Gasteiger partial charge is 0.374 e. The molecule has 0 aromatic carbocycles. The van der Waals surface area contributed by atoms with E-state index in [2.05, 4.69) is 24.2 Å². The van der Waals surface area contributed by atoms with Crippen molar-refractivity contribution in [2.24, 2.45) is 17.1 Å². The molecule has 0 aromatic rings. The van der Waals surface area contributed by atoms with Crippen molar-refractivity contribution in [1.82, 2.24) is 10.2 Å². The molecular formula is C15H29N3O2. The van der Waals surface area contributed by atoms with E-state index in [0.29, 0.717) is 13.1 Å². The molecule has 20 heavy (non-hydrogen) atoms.